The topological polar surface area (TPSA) is 88.1 Å². The third kappa shape index (κ3) is 6.81. The van der Waals surface area contributed by atoms with E-state index in [4.69, 9.17) is 11.6 Å². The highest BCUT2D eigenvalue weighted by atomic mass is 35.5. The second kappa shape index (κ2) is 12.9. The molecular weight excluding hydrogens is 498 g/mol. The first-order chi connectivity index (χ1) is 18.4. The van der Waals surface area contributed by atoms with Gasteiger partial charge in [0.2, 0.25) is 11.8 Å². The van der Waals surface area contributed by atoms with Gasteiger partial charge in [-0.3, -0.25) is 9.59 Å². The summed E-state index contributed by atoms with van der Waals surface area (Å²) >= 11 is 6.34. The Balaban J connectivity index is 1.53. The molecule has 0 aliphatic carbocycles. The number of carbonyl (C=O) groups excluding carboxylic acids is 2. The summed E-state index contributed by atoms with van der Waals surface area (Å²) in [5.74, 6) is -1.02. The van der Waals surface area contributed by atoms with Crippen LogP contribution in [0.15, 0.2) is 102 Å². The number of aromatic nitrogens is 2. The van der Waals surface area contributed by atoms with Crippen molar-refractivity contribution in [2.45, 2.75) is 32.7 Å². The molecule has 2 aromatic carbocycles. The Morgan fingerprint density at radius 3 is 2.45 bits per heavy atom. The highest BCUT2D eigenvalue weighted by Crippen LogP contribution is 2.39. The molecular formula is C30H32ClN5O2. The van der Waals surface area contributed by atoms with Gasteiger partial charge in [-0.15, -0.1) is 0 Å². The molecule has 2 heterocycles. The Bertz CT molecular complexity index is 1360. The van der Waals surface area contributed by atoms with Gasteiger partial charge in [0.15, 0.2) is 0 Å². The van der Waals surface area contributed by atoms with Gasteiger partial charge in [0.25, 0.3) is 0 Å². The molecule has 3 N–H and O–H groups in total. The molecule has 0 radical (unpaired) electrons. The molecule has 7 nitrogen and oxygen atoms in total. The molecule has 8 heteroatoms. The van der Waals surface area contributed by atoms with Crippen LogP contribution < -0.4 is 16.0 Å². The van der Waals surface area contributed by atoms with E-state index in [-0.39, 0.29) is 11.8 Å². The molecule has 196 valence electrons. The van der Waals surface area contributed by atoms with Gasteiger partial charge < -0.3 is 20.5 Å². The molecule has 0 bridgehead atoms. The Hall–Kier alpha value is -4.10. The fourth-order valence-electron chi connectivity index (χ4n) is 4.60. The van der Waals surface area contributed by atoms with E-state index in [0.29, 0.717) is 40.7 Å². The minimum Gasteiger partial charge on any atom is -0.362 e. The van der Waals surface area contributed by atoms with Crippen molar-refractivity contribution in [3.05, 3.63) is 118 Å². The molecule has 3 aromatic rings. The maximum atomic E-state index is 13.5. The summed E-state index contributed by atoms with van der Waals surface area (Å²) < 4.78 is 1.97. The number of benzene rings is 2. The van der Waals surface area contributed by atoms with Crippen molar-refractivity contribution in [3.8, 4) is 0 Å². The number of rotatable bonds is 10. The summed E-state index contributed by atoms with van der Waals surface area (Å²) in [6, 6.07) is 17.2. The summed E-state index contributed by atoms with van der Waals surface area (Å²) in [7, 11) is 0. The standard InChI is InChI=1S/C30H32ClN5O2/c1-21-26(29(37)33-14-7-11-23-9-4-3-5-10-23)28(24-12-6-13-25(31)19-24)27(22(2)35-21)30(38)34-15-8-17-36-18-16-32-20-36/h3-7,9-13,16,18-20,28,35H,8,14-15,17H2,1-2H3,(H,33,37)(H,34,38)/b11-7+. The van der Waals surface area contributed by atoms with Crippen LogP contribution in [-0.4, -0.2) is 34.5 Å². The van der Waals surface area contributed by atoms with Gasteiger partial charge in [-0.1, -0.05) is 66.2 Å². The van der Waals surface area contributed by atoms with Crippen LogP contribution in [0.25, 0.3) is 6.08 Å². The summed E-state index contributed by atoms with van der Waals surface area (Å²) in [5.41, 5.74) is 4.25. The van der Waals surface area contributed by atoms with E-state index in [9.17, 15) is 9.59 Å². The first kappa shape index (κ1) is 26.9. The quantitative estimate of drug-likeness (QED) is 0.329. The predicted octanol–water partition coefficient (Wildman–Crippen LogP) is 4.81. The van der Waals surface area contributed by atoms with Crippen molar-refractivity contribution in [2.24, 2.45) is 0 Å². The van der Waals surface area contributed by atoms with Crippen LogP contribution in [0.2, 0.25) is 5.02 Å². The number of aryl methyl sites for hydroxylation is 1. The van der Waals surface area contributed by atoms with Crippen LogP contribution in [0, 0.1) is 0 Å². The van der Waals surface area contributed by atoms with Gasteiger partial charge in [0, 0.05) is 65.5 Å². The lowest BCUT2D eigenvalue weighted by Gasteiger charge is -2.31. The summed E-state index contributed by atoms with van der Waals surface area (Å²) in [6.07, 6.45) is 9.99. The van der Waals surface area contributed by atoms with Gasteiger partial charge in [0.1, 0.15) is 0 Å². The average molecular weight is 530 g/mol. The minimum atomic E-state index is -0.568. The lowest BCUT2D eigenvalue weighted by molar-refractivity contribution is -0.118. The number of allylic oxidation sites excluding steroid dienone is 2. The molecule has 0 spiro atoms. The third-order valence-corrected chi connectivity index (χ3v) is 6.59. The summed E-state index contributed by atoms with van der Waals surface area (Å²) in [4.78, 5) is 31.1. The first-order valence-corrected chi connectivity index (χ1v) is 13.0. The fraction of sp³-hybridized carbons (Fsp3) is 0.233. The van der Waals surface area contributed by atoms with Crippen molar-refractivity contribution in [2.75, 3.05) is 13.1 Å². The van der Waals surface area contributed by atoms with Crippen molar-refractivity contribution >= 4 is 29.5 Å². The van der Waals surface area contributed by atoms with Gasteiger partial charge in [0.05, 0.1) is 6.33 Å². The zero-order chi connectivity index (χ0) is 26.9. The maximum absolute atomic E-state index is 13.5. The SMILES string of the molecule is CC1=C(C(=O)NC/C=C/c2ccccc2)C(c2cccc(Cl)c2)C(C(=O)NCCCn2ccnc2)=C(C)N1. The normalized spacial score (nSPS) is 15.5. The molecule has 1 aromatic heterocycles. The van der Waals surface area contributed by atoms with Crippen LogP contribution in [0.5, 0.6) is 0 Å². The van der Waals surface area contributed by atoms with Crippen LogP contribution in [0.4, 0.5) is 0 Å². The molecule has 38 heavy (non-hydrogen) atoms. The number of amides is 2. The van der Waals surface area contributed by atoms with Crippen LogP contribution in [0.1, 0.15) is 37.3 Å². The zero-order valence-electron chi connectivity index (χ0n) is 21.6. The Kier molecular flexibility index (Phi) is 9.16. The molecule has 1 unspecified atom stereocenters. The predicted molar refractivity (Wildman–Crippen MR) is 151 cm³/mol. The Labute approximate surface area is 228 Å². The largest absolute Gasteiger partial charge is 0.362 e. The number of carbonyl (C=O) groups is 2. The Morgan fingerprint density at radius 2 is 1.76 bits per heavy atom. The van der Waals surface area contributed by atoms with Gasteiger partial charge >= 0.3 is 0 Å². The van der Waals surface area contributed by atoms with E-state index in [1.165, 1.54) is 0 Å². The second-order valence-electron chi connectivity index (χ2n) is 9.12. The maximum Gasteiger partial charge on any atom is 0.250 e. The monoisotopic (exact) mass is 529 g/mol. The first-order valence-electron chi connectivity index (χ1n) is 12.6. The molecule has 1 atom stereocenters. The molecule has 4 rings (SSSR count). The number of hydrogen-bond acceptors (Lipinski definition) is 4. The fourth-order valence-corrected chi connectivity index (χ4v) is 4.80. The van der Waals surface area contributed by atoms with Gasteiger partial charge in [-0.05, 0) is 43.5 Å². The molecule has 0 fully saturated rings. The smallest absolute Gasteiger partial charge is 0.250 e. The number of imidazole rings is 1. The van der Waals surface area contributed by atoms with Gasteiger partial charge in [-0.2, -0.15) is 0 Å². The number of halogens is 1. The van der Waals surface area contributed by atoms with Gasteiger partial charge in [-0.25, -0.2) is 4.98 Å². The van der Waals surface area contributed by atoms with Crippen molar-refractivity contribution < 1.29 is 9.59 Å². The van der Waals surface area contributed by atoms with E-state index in [1.807, 2.05) is 85.3 Å². The summed E-state index contributed by atoms with van der Waals surface area (Å²) in [6.45, 7) is 5.31. The minimum absolute atomic E-state index is 0.215. The van der Waals surface area contributed by atoms with E-state index in [0.717, 1.165) is 24.1 Å². The Morgan fingerprint density at radius 1 is 1.03 bits per heavy atom. The molecule has 0 saturated heterocycles. The highest BCUT2D eigenvalue weighted by molar-refractivity contribution is 6.30. The van der Waals surface area contributed by atoms with Crippen molar-refractivity contribution in [3.63, 3.8) is 0 Å². The van der Waals surface area contributed by atoms with Crippen molar-refractivity contribution in [1.82, 2.24) is 25.5 Å². The van der Waals surface area contributed by atoms with Crippen LogP contribution >= 0.6 is 11.6 Å². The molecule has 0 saturated carbocycles. The zero-order valence-corrected chi connectivity index (χ0v) is 22.3. The lowest BCUT2D eigenvalue weighted by atomic mass is 9.79. The molecule has 1 aliphatic heterocycles. The van der Waals surface area contributed by atoms with E-state index in [1.54, 1.807) is 18.6 Å². The van der Waals surface area contributed by atoms with E-state index in [2.05, 4.69) is 20.9 Å². The third-order valence-electron chi connectivity index (χ3n) is 6.36. The number of dihydropyridines is 1. The number of nitrogens with one attached hydrogen (secondary N) is 3. The number of nitrogens with zero attached hydrogens (tertiary/aromatic N) is 2. The van der Waals surface area contributed by atoms with E-state index >= 15 is 0 Å². The van der Waals surface area contributed by atoms with Crippen molar-refractivity contribution in [1.29, 1.82) is 0 Å². The van der Waals surface area contributed by atoms with Crippen LogP contribution in [-0.2, 0) is 16.1 Å². The second-order valence-corrected chi connectivity index (χ2v) is 9.56. The number of hydrogen-bond donors (Lipinski definition) is 3. The van der Waals surface area contributed by atoms with E-state index < -0.39 is 5.92 Å². The highest BCUT2D eigenvalue weighted by Gasteiger charge is 2.36. The molecule has 2 amide bonds. The van der Waals surface area contributed by atoms with Crippen LogP contribution in [0.3, 0.4) is 0 Å². The summed E-state index contributed by atoms with van der Waals surface area (Å²) in [5, 5.41) is 9.83. The lowest BCUT2D eigenvalue weighted by Crippen LogP contribution is -2.39. The average Bonchev–Trinajstić information content (AvgIpc) is 3.43. The molecule has 1 aliphatic rings.